The number of hydrogen-bond acceptors (Lipinski definition) is 5. The summed E-state index contributed by atoms with van der Waals surface area (Å²) in [7, 11) is 1.60. The molecule has 2 amide bonds. The van der Waals surface area contributed by atoms with E-state index in [0.29, 0.717) is 37.5 Å². The normalized spacial score (nSPS) is 18.5. The molecule has 0 radical (unpaired) electrons. The van der Waals surface area contributed by atoms with Crippen molar-refractivity contribution in [2.75, 3.05) is 26.7 Å². The summed E-state index contributed by atoms with van der Waals surface area (Å²) in [6.07, 6.45) is 3.44. The largest absolute Gasteiger partial charge is 0.496 e. The zero-order chi connectivity index (χ0) is 20.5. The van der Waals surface area contributed by atoms with Gasteiger partial charge >= 0.3 is 0 Å². The minimum atomic E-state index is -0.0110. The Labute approximate surface area is 170 Å². The van der Waals surface area contributed by atoms with Crippen LogP contribution in [0.3, 0.4) is 0 Å². The van der Waals surface area contributed by atoms with Crippen LogP contribution in [0.1, 0.15) is 52.3 Å². The van der Waals surface area contributed by atoms with Gasteiger partial charge in [-0.2, -0.15) is 0 Å². The molecule has 29 heavy (non-hydrogen) atoms. The lowest BCUT2D eigenvalue weighted by Crippen LogP contribution is -2.35. The summed E-state index contributed by atoms with van der Waals surface area (Å²) in [6.45, 7) is 6.09. The quantitative estimate of drug-likeness (QED) is 0.799. The minimum absolute atomic E-state index is 0.0110. The number of ether oxygens (including phenoxy) is 1. The monoisotopic (exact) mass is 394 g/mol. The molecule has 4 rings (SSSR count). The van der Waals surface area contributed by atoms with Crippen LogP contribution in [-0.4, -0.2) is 58.3 Å². The van der Waals surface area contributed by atoms with Gasteiger partial charge in [-0.05, 0) is 25.0 Å². The highest BCUT2D eigenvalue weighted by Crippen LogP contribution is 2.30. The van der Waals surface area contributed by atoms with E-state index >= 15 is 0 Å². The van der Waals surface area contributed by atoms with Gasteiger partial charge in [0.05, 0.1) is 18.4 Å². The number of methoxy groups -OCH3 is 1. The number of benzene rings is 1. The minimum Gasteiger partial charge on any atom is -0.496 e. The van der Waals surface area contributed by atoms with Gasteiger partial charge in [0.25, 0.3) is 5.91 Å². The summed E-state index contributed by atoms with van der Waals surface area (Å²) < 4.78 is 5.46. The van der Waals surface area contributed by atoms with Crippen molar-refractivity contribution in [3.8, 4) is 5.75 Å². The van der Waals surface area contributed by atoms with Crippen LogP contribution in [0.25, 0.3) is 0 Å². The van der Waals surface area contributed by atoms with E-state index in [-0.39, 0.29) is 17.7 Å². The molecule has 1 aromatic heterocycles. The number of amides is 2. The van der Waals surface area contributed by atoms with Crippen LogP contribution >= 0.6 is 0 Å². The highest BCUT2D eigenvalue weighted by molar-refractivity contribution is 5.97. The van der Waals surface area contributed by atoms with Crippen molar-refractivity contribution in [2.45, 2.75) is 39.2 Å². The standard InChI is InChI=1S/C22H26N4O3/c1-14-5-4-6-18(20(14)29-3)22(28)26-9-7-16(12-26)21-23-11-17-13-25(15(2)27)10-8-19(17)24-21/h4-6,11,16H,7-10,12-13H2,1-3H3/t16-/m1/s1. The Kier molecular flexibility index (Phi) is 5.22. The number of nitrogens with zero attached hydrogens (tertiary/aromatic N) is 4. The SMILES string of the molecule is COc1c(C)cccc1C(=O)N1CC[C@@H](c2ncc3c(n2)CCN(C(C)=O)C3)C1. The summed E-state index contributed by atoms with van der Waals surface area (Å²) >= 11 is 0. The molecule has 0 N–H and O–H groups in total. The molecule has 0 bridgehead atoms. The first-order valence-corrected chi connectivity index (χ1v) is 10.0. The van der Waals surface area contributed by atoms with Gasteiger partial charge in [0, 0.05) is 57.2 Å². The molecular weight excluding hydrogens is 368 g/mol. The van der Waals surface area contributed by atoms with Crippen LogP contribution in [0.4, 0.5) is 0 Å². The first kappa shape index (κ1) is 19.4. The van der Waals surface area contributed by atoms with Crippen molar-refractivity contribution < 1.29 is 14.3 Å². The molecule has 7 heteroatoms. The molecule has 0 aliphatic carbocycles. The second kappa shape index (κ2) is 7.81. The summed E-state index contributed by atoms with van der Waals surface area (Å²) in [5.41, 5.74) is 3.60. The lowest BCUT2D eigenvalue weighted by Gasteiger charge is -2.27. The van der Waals surface area contributed by atoms with Crippen molar-refractivity contribution in [3.63, 3.8) is 0 Å². The third kappa shape index (κ3) is 3.69. The average Bonchev–Trinajstić information content (AvgIpc) is 3.22. The first-order chi connectivity index (χ1) is 14.0. The zero-order valence-corrected chi connectivity index (χ0v) is 17.1. The second-order valence-electron chi connectivity index (χ2n) is 7.78. The molecule has 3 heterocycles. The number of carbonyl (C=O) groups is 2. The Bertz CT molecular complexity index is 959. The Balaban J connectivity index is 1.49. The molecular formula is C22H26N4O3. The maximum Gasteiger partial charge on any atom is 0.257 e. The number of fused-ring (bicyclic) bond motifs is 1. The Morgan fingerprint density at radius 1 is 1.21 bits per heavy atom. The van der Waals surface area contributed by atoms with Crippen LogP contribution in [0.2, 0.25) is 0 Å². The highest BCUT2D eigenvalue weighted by atomic mass is 16.5. The average molecular weight is 394 g/mol. The van der Waals surface area contributed by atoms with Gasteiger partial charge in [-0.15, -0.1) is 0 Å². The van der Waals surface area contributed by atoms with Gasteiger partial charge in [0.1, 0.15) is 11.6 Å². The Morgan fingerprint density at radius 2 is 2.03 bits per heavy atom. The molecule has 0 spiro atoms. The molecule has 2 aromatic rings. The molecule has 0 unspecified atom stereocenters. The predicted octanol–water partition coefficient (Wildman–Crippen LogP) is 2.33. The van der Waals surface area contributed by atoms with Crippen LogP contribution in [0, 0.1) is 6.92 Å². The summed E-state index contributed by atoms with van der Waals surface area (Å²) in [5, 5.41) is 0. The van der Waals surface area contributed by atoms with Crippen LogP contribution < -0.4 is 4.74 Å². The first-order valence-electron chi connectivity index (χ1n) is 10.0. The van der Waals surface area contributed by atoms with Crippen molar-refractivity contribution in [1.82, 2.24) is 19.8 Å². The van der Waals surface area contributed by atoms with Crippen LogP contribution in [0.5, 0.6) is 5.75 Å². The van der Waals surface area contributed by atoms with Crippen molar-refractivity contribution in [2.24, 2.45) is 0 Å². The van der Waals surface area contributed by atoms with Gasteiger partial charge in [-0.3, -0.25) is 9.59 Å². The van der Waals surface area contributed by atoms with E-state index in [4.69, 9.17) is 9.72 Å². The lowest BCUT2D eigenvalue weighted by molar-refractivity contribution is -0.129. The number of aryl methyl sites for hydroxylation is 1. The fourth-order valence-electron chi connectivity index (χ4n) is 4.21. The molecule has 1 fully saturated rings. The third-order valence-electron chi connectivity index (χ3n) is 5.88. The van der Waals surface area contributed by atoms with Crippen molar-refractivity contribution >= 4 is 11.8 Å². The van der Waals surface area contributed by atoms with Gasteiger partial charge in [0.2, 0.25) is 5.91 Å². The smallest absolute Gasteiger partial charge is 0.257 e. The summed E-state index contributed by atoms with van der Waals surface area (Å²) in [4.78, 5) is 37.7. The fraction of sp³-hybridized carbons (Fsp3) is 0.455. The molecule has 152 valence electrons. The van der Waals surface area contributed by atoms with Crippen molar-refractivity contribution in [1.29, 1.82) is 0 Å². The van der Waals surface area contributed by atoms with Gasteiger partial charge < -0.3 is 14.5 Å². The molecule has 1 aromatic carbocycles. The molecule has 1 saturated heterocycles. The van der Waals surface area contributed by atoms with Crippen LogP contribution in [0.15, 0.2) is 24.4 Å². The lowest BCUT2D eigenvalue weighted by atomic mass is 10.0. The third-order valence-corrected chi connectivity index (χ3v) is 5.88. The Morgan fingerprint density at radius 3 is 2.79 bits per heavy atom. The molecule has 0 saturated carbocycles. The fourth-order valence-corrected chi connectivity index (χ4v) is 4.21. The predicted molar refractivity (Wildman–Crippen MR) is 108 cm³/mol. The highest BCUT2D eigenvalue weighted by Gasteiger charge is 2.32. The molecule has 7 nitrogen and oxygen atoms in total. The van der Waals surface area contributed by atoms with E-state index in [9.17, 15) is 9.59 Å². The number of rotatable bonds is 3. The van der Waals surface area contributed by atoms with Crippen molar-refractivity contribution in [3.05, 3.63) is 52.6 Å². The van der Waals surface area contributed by atoms with Crippen LogP contribution in [-0.2, 0) is 17.8 Å². The van der Waals surface area contributed by atoms with E-state index in [1.807, 2.05) is 41.1 Å². The number of para-hydroxylation sites is 1. The van der Waals surface area contributed by atoms with Gasteiger partial charge in [-0.1, -0.05) is 12.1 Å². The van der Waals surface area contributed by atoms with E-state index < -0.39 is 0 Å². The number of carbonyl (C=O) groups excluding carboxylic acids is 2. The number of likely N-dealkylation sites (tertiary alicyclic amines) is 1. The topological polar surface area (TPSA) is 75.6 Å². The van der Waals surface area contributed by atoms with E-state index in [2.05, 4.69) is 4.98 Å². The van der Waals surface area contributed by atoms with Gasteiger partial charge in [-0.25, -0.2) is 9.97 Å². The zero-order valence-electron chi connectivity index (χ0n) is 17.1. The maximum atomic E-state index is 13.1. The Hall–Kier alpha value is -2.96. The summed E-state index contributed by atoms with van der Waals surface area (Å²) in [5.74, 6) is 1.64. The second-order valence-corrected chi connectivity index (χ2v) is 7.78. The molecule has 2 aliphatic heterocycles. The maximum absolute atomic E-state index is 13.1. The van der Waals surface area contributed by atoms with E-state index in [1.54, 1.807) is 14.0 Å². The van der Waals surface area contributed by atoms with Gasteiger partial charge in [0.15, 0.2) is 0 Å². The summed E-state index contributed by atoms with van der Waals surface area (Å²) in [6, 6.07) is 5.64. The van der Waals surface area contributed by atoms with E-state index in [0.717, 1.165) is 35.5 Å². The van der Waals surface area contributed by atoms with E-state index in [1.165, 1.54) is 0 Å². The molecule has 2 aliphatic rings. The molecule has 1 atom stereocenters. The number of aromatic nitrogens is 2. The number of hydrogen-bond donors (Lipinski definition) is 0.